The number of amides is 1. The fraction of sp³-hybridized carbons (Fsp3) is 0.833. The zero-order chi connectivity index (χ0) is 11.8. The predicted molar refractivity (Wildman–Crippen MR) is 62.8 cm³/mol. The molecule has 1 rings (SSSR count). The third-order valence-corrected chi connectivity index (χ3v) is 3.20. The lowest BCUT2D eigenvalue weighted by Crippen LogP contribution is -2.40. The SMILES string of the molecule is CN(CC(=O)NC[C]=O)C1CCCCCC1. The van der Waals surface area contributed by atoms with E-state index in [0.717, 1.165) is 0 Å². The molecule has 16 heavy (non-hydrogen) atoms. The Labute approximate surface area is 97.4 Å². The third kappa shape index (κ3) is 4.75. The fourth-order valence-corrected chi connectivity index (χ4v) is 2.24. The van der Waals surface area contributed by atoms with Crippen molar-refractivity contribution < 1.29 is 9.59 Å². The molecule has 0 aromatic heterocycles. The Morgan fingerprint density at radius 2 is 1.94 bits per heavy atom. The molecule has 0 unspecified atom stereocenters. The van der Waals surface area contributed by atoms with Gasteiger partial charge in [0.25, 0.3) is 0 Å². The van der Waals surface area contributed by atoms with Gasteiger partial charge in [0.1, 0.15) is 0 Å². The van der Waals surface area contributed by atoms with Crippen molar-refractivity contribution in [2.24, 2.45) is 0 Å². The summed E-state index contributed by atoms with van der Waals surface area (Å²) in [6, 6.07) is 0.522. The van der Waals surface area contributed by atoms with Crippen molar-refractivity contribution in [2.45, 2.75) is 44.6 Å². The molecule has 1 aliphatic rings. The van der Waals surface area contributed by atoms with Gasteiger partial charge in [-0.3, -0.25) is 14.5 Å². The van der Waals surface area contributed by atoms with E-state index in [-0.39, 0.29) is 12.5 Å². The molecule has 1 saturated carbocycles. The van der Waals surface area contributed by atoms with Crippen LogP contribution in [-0.4, -0.2) is 43.3 Å². The van der Waals surface area contributed by atoms with Gasteiger partial charge in [-0.25, -0.2) is 0 Å². The smallest absolute Gasteiger partial charge is 0.234 e. The number of carbonyl (C=O) groups excluding carboxylic acids is 2. The van der Waals surface area contributed by atoms with E-state index < -0.39 is 0 Å². The van der Waals surface area contributed by atoms with Crippen LogP contribution in [0.25, 0.3) is 0 Å². The highest BCUT2D eigenvalue weighted by molar-refractivity contribution is 5.80. The van der Waals surface area contributed by atoms with Crippen molar-refractivity contribution in [1.82, 2.24) is 10.2 Å². The van der Waals surface area contributed by atoms with E-state index in [1.54, 1.807) is 6.29 Å². The Bertz CT molecular complexity index is 223. The van der Waals surface area contributed by atoms with Crippen LogP contribution < -0.4 is 5.32 Å². The molecule has 4 nitrogen and oxygen atoms in total. The molecule has 4 heteroatoms. The Morgan fingerprint density at radius 3 is 2.50 bits per heavy atom. The van der Waals surface area contributed by atoms with Gasteiger partial charge in [0, 0.05) is 6.04 Å². The summed E-state index contributed by atoms with van der Waals surface area (Å²) >= 11 is 0. The average Bonchev–Trinajstić information content (AvgIpc) is 2.54. The maximum atomic E-state index is 11.4. The first-order chi connectivity index (χ1) is 7.74. The molecular formula is C12H21N2O2. The molecule has 1 N–H and O–H groups in total. The van der Waals surface area contributed by atoms with Gasteiger partial charge in [0.2, 0.25) is 12.2 Å². The Balaban J connectivity index is 2.28. The molecule has 0 bridgehead atoms. The van der Waals surface area contributed by atoms with Gasteiger partial charge in [0.15, 0.2) is 0 Å². The highest BCUT2D eigenvalue weighted by Crippen LogP contribution is 2.20. The summed E-state index contributed by atoms with van der Waals surface area (Å²) in [4.78, 5) is 23.5. The number of likely N-dealkylation sites (N-methyl/N-ethyl adjacent to an activating group) is 1. The lowest BCUT2D eigenvalue weighted by atomic mass is 10.1. The molecule has 1 radical (unpaired) electrons. The van der Waals surface area contributed by atoms with Crippen LogP contribution in [0.5, 0.6) is 0 Å². The summed E-state index contributed by atoms with van der Waals surface area (Å²) < 4.78 is 0. The fourth-order valence-electron chi connectivity index (χ4n) is 2.24. The van der Waals surface area contributed by atoms with E-state index in [4.69, 9.17) is 0 Å². The Hall–Kier alpha value is -0.900. The molecule has 0 heterocycles. The van der Waals surface area contributed by atoms with Gasteiger partial charge in [0.05, 0.1) is 13.1 Å². The maximum Gasteiger partial charge on any atom is 0.234 e. The minimum Gasteiger partial charge on any atom is -0.347 e. The molecule has 91 valence electrons. The third-order valence-electron chi connectivity index (χ3n) is 3.20. The minimum absolute atomic E-state index is 0.00264. The molecule has 0 aliphatic heterocycles. The van der Waals surface area contributed by atoms with Crippen molar-refractivity contribution in [3.63, 3.8) is 0 Å². The largest absolute Gasteiger partial charge is 0.347 e. The Morgan fingerprint density at radius 1 is 1.31 bits per heavy atom. The van der Waals surface area contributed by atoms with Crippen LogP contribution in [0.1, 0.15) is 38.5 Å². The summed E-state index contributed by atoms with van der Waals surface area (Å²) in [5.74, 6) is -0.0879. The van der Waals surface area contributed by atoms with Crippen LogP contribution in [-0.2, 0) is 9.59 Å². The van der Waals surface area contributed by atoms with Gasteiger partial charge in [-0.2, -0.15) is 0 Å². The highest BCUT2D eigenvalue weighted by atomic mass is 16.2. The van der Waals surface area contributed by atoms with E-state index in [1.165, 1.54) is 38.5 Å². The van der Waals surface area contributed by atoms with Crippen LogP contribution in [0, 0.1) is 0 Å². The quantitative estimate of drug-likeness (QED) is 0.706. The molecule has 0 spiro atoms. The first kappa shape index (κ1) is 13.2. The topological polar surface area (TPSA) is 49.4 Å². The predicted octanol–water partition coefficient (Wildman–Crippen LogP) is 0.867. The standard InChI is InChI=1S/C12H21N2O2/c1-14(10-12(16)13-8-9-15)11-6-4-2-3-5-7-11/h11H,2-8,10H2,1H3,(H,13,16). The van der Waals surface area contributed by atoms with Crippen LogP contribution in [0.2, 0.25) is 0 Å². The first-order valence-corrected chi connectivity index (χ1v) is 6.06. The molecule has 0 atom stereocenters. The van der Waals surface area contributed by atoms with E-state index in [9.17, 15) is 9.59 Å². The number of nitrogens with zero attached hydrogens (tertiary/aromatic N) is 1. The zero-order valence-electron chi connectivity index (χ0n) is 10.00. The van der Waals surface area contributed by atoms with Crippen molar-refractivity contribution in [3.8, 4) is 0 Å². The summed E-state index contributed by atoms with van der Waals surface area (Å²) in [6.45, 7) is 0.379. The van der Waals surface area contributed by atoms with E-state index in [0.29, 0.717) is 12.6 Å². The molecule has 1 aliphatic carbocycles. The summed E-state index contributed by atoms with van der Waals surface area (Å²) in [5, 5.41) is 2.51. The molecule has 1 fully saturated rings. The average molecular weight is 225 g/mol. The second kappa shape index (κ2) is 7.39. The van der Waals surface area contributed by atoms with Crippen LogP contribution in [0.4, 0.5) is 0 Å². The molecule has 0 saturated heterocycles. The monoisotopic (exact) mass is 225 g/mol. The zero-order valence-corrected chi connectivity index (χ0v) is 10.00. The molecule has 0 aromatic rings. The number of carbonyl (C=O) groups is 1. The number of nitrogens with one attached hydrogen (secondary N) is 1. The van der Waals surface area contributed by atoms with Crippen molar-refractivity contribution in [1.29, 1.82) is 0 Å². The van der Waals surface area contributed by atoms with Crippen molar-refractivity contribution >= 4 is 12.2 Å². The molecule has 0 aromatic carbocycles. The van der Waals surface area contributed by atoms with E-state index in [2.05, 4.69) is 10.2 Å². The van der Waals surface area contributed by atoms with E-state index in [1.807, 2.05) is 7.05 Å². The highest BCUT2D eigenvalue weighted by Gasteiger charge is 2.18. The summed E-state index contributed by atoms with van der Waals surface area (Å²) in [7, 11) is 1.99. The van der Waals surface area contributed by atoms with Crippen LogP contribution in [0.15, 0.2) is 0 Å². The maximum absolute atomic E-state index is 11.4. The number of hydrogen-bond acceptors (Lipinski definition) is 3. The van der Waals surface area contributed by atoms with Gasteiger partial charge in [-0.05, 0) is 19.9 Å². The van der Waals surface area contributed by atoms with Gasteiger partial charge >= 0.3 is 0 Å². The van der Waals surface area contributed by atoms with Crippen LogP contribution >= 0.6 is 0 Å². The summed E-state index contributed by atoms with van der Waals surface area (Å²) in [6.07, 6.45) is 9.19. The van der Waals surface area contributed by atoms with Crippen LogP contribution in [0.3, 0.4) is 0 Å². The second-order valence-corrected chi connectivity index (χ2v) is 4.48. The van der Waals surface area contributed by atoms with Gasteiger partial charge in [-0.1, -0.05) is 25.7 Å². The second-order valence-electron chi connectivity index (χ2n) is 4.48. The number of rotatable bonds is 5. The Kier molecular flexibility index (Phi) is 6.08. The summed E-state index contributed by atoms with van der Waals surface area (Å²) in [5.41, 5.74) is 0. The van der Waals surface area contributed by atoms with E-state index >= 15 is 0 Å². The lowest BCUT2D eigenvalue weighted by Gasteiger charge is -2.26. The van der Waals surface area contributed by atoms with Gasteiger partial charge in [-0.15, -0.1) is 0 Å². The normalized spacial score (nSPS) is 18.1. The number of hydrogen-bond donors (Lipinski definition) is 1. The first-order valence-electron chi connectivity index (χ1n) is 6.06. The lowest BCUT2D eigenvalue weighted by molar-refractivity contribution is -0.122. The minimum atomic E-state index is -0.0879. The van der Waals surface area contributed by atoms with Crippen molar-refractivity contribution in [3.05, 3.63) is 0 Å². The van der Waals surface area contributed by atoms with Crippen molar-refractivity contribution in [2.75, 3.05) is 20.1 Å². The van der Waals surface area contributed by atoms with Gasteiger partial charge < -0.3 is 5.32 Å². The molecular weight excluding hydrogens is 204 g/mol. The molecule has 1 amide bonds.